The van der Waals surface area contributed by atoms with Crippen molar-refractivity contribution in [1.29, 1.82) is 0 Å². The van der Waals surface area contributed by atoms with Gasteiger partial charge in [-0.3, -0.25) is 4.79 Å². The van der Waals surface area contributed by atoms with Crippen LogP contribution < -0.4 is 5.32 Å². The quantitative estimate of drug-likeness (QED) is 0.907. The molecule has 0 aliphatic rings. The molecule has 1 atom stereocenters. The third kappa shape index (κ3) is 3.70. The lowest BCUT2D eigenvalue weighted by Gasteiger charge is -2.13. The third-order valence-corrected chi connectivity index (χ3v) is 3.81. The molecule has 2 N–H and O–H groups in total. The van der Waals surface area contributed by atoms with E-state index < -0.39 is 6.10 Å². The minimum absolute atomic E-state index is 0.0933. The van der Waals surface area contributed by atoms with Gasteiger partial charge in [0.15, 0.2) is 0 Å². The Morgan fingerprint density at radius 1 is 1.37 bits per heavy atom. The number of halogens is 2. The number of thiophene rings is 1. The summed E-state index contributed by atoms with van der Waals surface area (Å²) in [5.74, 6) is -0.217. The second-order valence-electron chi connectivity index (χ2n) is 3.90. The molecule has 1 unspecified atom stereocenters. The molecule has 100 valence electrons. The van der Waals surface area contributed by atoms with Crippen molar-refractivity contribution < 1.29 is 9.90 Å². The highest BCUT2D eigenvalue weighted by Crippen LogP contribution is 2.25. The highest BCUT2D eigenvalue weighted by atomic mass is 35.5. The van der Waals surface area contributed by atoms with Crippen LogP contribution in [0, 0.1) is 0 Å². The SMILES string of the molecule is O=C(NCC(O)c1ccc(Cl)cc1Cl)c1ccsc1. The van der Waals surface area contributed by atoms with Gasteiger partial charge in [0.2, 0.25) is 0 Å². The van der Waals surface area contributed by atoms with Crippen LogP contribution in [0.25, 0.3) is 0 Å². The van der Waals surface area contributed by atoms with Gasteiger partial charge in [0.1, 0.15) is 0 Å². The van der Waals surface area contributed by atoms with E-state index in [1.807, 2.05) is 5.38 Å². The van der Waals surface area contributed by atoms with E-state index in [4.69, 9.17) is 23.2 Å². The molecule has 0 fully saturated rings. The summed E-state index contributed by atoms with van der Waals surface area (Å²) in [5, 5.41) is 17.1. The largest absolute Gasteiger partial charge is 0.387 e. The summed E-state index contributed by atoms with van der Waals surface area (Å²) < 4.78 is 0. The fourth-order valence-corrected chi connectivity index (χ4v) is 2.74. The second kappa shape index (κ2) is 6.39. The van der Waals surface area contributed by atoms with Gasteiger partial charge in [0.05, 0.1) is 6.10 Å². The molecule has 1 aromatic carbocycles. The van der Waals surface area contributed by atoms with Crippen molar-refractivity contribution in [1.82, 2.24) is 5.32 Å². The van der Waals surface area contributed by atoms with Gasteiger partial charge in [0, 0.05) is 33.1 Å². The number of rotatable bonds is 4. The molecule has 0 radical (unpaired) electrons. The zero-order chi connectivity index (χ0) is 13.8. The van der Waals surface area contributed by atoms with Crippen molar-refractivity contribution in [2.75, 3.05) is 6.54 Å². The molecule has 0 saturated heterocycles. The molecular formula is C13H11Cl2NO2S. The Balaban J connectivity index is 1.98. The van der Waals surface area contributed by atoms with E-state index in [1.165, 1.54) is 11.3 Å². The van der Waals surface area contributed by atoms with Gasteiger partial charge in [-0.15, -0.1) is 0 Å². The summed E-state index contributed by atoms with van der Waals surface area (Å²) >= 11 is 13.2. The molecule has 2 aromatic rings. The van der Waals surface area contributed by atoms with E-state index in [1.54, 1.807) is 29.6 Å². The Hall–Kier alpha value is -1.07. The minimum atomic E-state index is -0.868. The monoisotopic (exact) mass is 315 g/mol. The van der Waals surface area contributed by atoms with Gasteiger partial charge in [-0.2, -0.15) is 11.3 Å². The molecule has 2 rings (SSSR count). The van der Waals surface area contributed by atoms with Crippen LogP contribution in [-0.4, -0.2) is 17.6 Å². The fraction of sp³-hybridized carbons (Fsp3) is 0.154. The van der Waals surface area contributed by atoms with Crippen LogP contribution in [0.2, 0.25) is 10.0 Å². The molecule has 1 aromatic heterocycles. The van der Waals surface area contributed by atoms with E-state index in [-0.39, 0.29) is 12.5 Å². The lowest BCUT2D eigenvalue weighted by Crippen LogP contribution is -2.28. The molecule has 0 aliphatic carbocycles. The lowest BCUT2D eigenvalue weighted by molar-refractivity contribution is 0.0917. The summed E-state index contributed by atoms with van der Waals surface area (Å²) in [6.45, 7) is 0.0933. The smallest absolute Gasteiger partial charge is 0.252 e. The van der Waals surface area contributed by atoms with Crippen LogP contribution in [-0.2, 0) is 0 Å². The van der Waals surface area contributed by atoms with Gasteiger partial charge >= 0.3 is 0 Å². The summed E-state index contributed by atoms with van der Waals surface area (Å²) in [5.41, 5.74) is 1.12. The maximum atomic E-state index is 11.7. The predicted molar refractivity (Wildman–Crippen MR) is 78.1 cm³/mol. The van der Waals surface area contributed by atoms with Crippen LogP contribution in [0.3, 0.4) is 0 Å². The number of hydrogen-bond acceptors (Lipinski definition) is 3. The van der Waals surface area contributed by atoms with Gasteiger partial charge < -0.3 is 10.4 Å². The summed E-state index contributed by atoms with van der Waals surface area (Å²) in [6.07, 6.45) is -0.868. The first kappa shape index (κ1) is 14.3. The van der Waals surface area contributed by atoms with Gasteiger partial charge in [-0.1, -0.05) is 29.3 Å². The van der Waals surface area contributed by atoms with Gasteiger partial charge in [-0.05, 0) is 23.6 Å². The molecule has 3 nitrogen and oxygen atoms in total. The highest BCUT2D eigenvalue weighted by Gasteiger charge is 2.14. The number of hydrogen-bond donors (Lipinski definition) is 2. The van der Waals surface area contributed by atoms with Crippen molar-refractivity contribution in [3.05, 3.63) is 56.2 Å². The zero-order valence-corrected chi connectivity index (χ0v) is 12.1. The van der Waals surface area contributed by atoms with Crippen LogP contribution in [0.1, 0.15) is 22.0 Å². The predicted octanol–water partition coefficient (Wildman–Crippen LogP) is 3.52. The molecule has 0 spiro atoms. The number of aliphatic hydroxyl groups is 1. The van der Waals surface area contributed by atoms with Crippen LogP contribution >= 0.6 is 34.5 Å². The first-order chi connectivity index (χ1) is 9.08. The van der Waals surface area contributed by atoms with Gasteiger partial charge in [0.25, 0.3) is 5.91 Å². The summed E-state index contributed by atoms with van der Waals surface area (Å²) in [4.78, 5) is 11.7. The van der Waals surface area contributed by atoms with Crippen molar-refractivity contribution in [3.8, 4) is 0 Å². The number of benzene rings is 1. The van der Waals surface area contributed by atoms with E-state index in [0.717, 1.165) is 0 Å². The molecule has 0 aliphatic heterocycles. The maximum absolute atomic E-state index is 11.7. The first-order valence-corrected chi connectivity index (χ1v) is 7.21. The molecule has 0 bridgehead atoms. The molecular weight excluding hydrogens is 305 g/mol. The minimum Gasteiger partial charge on any atom is -0.387 e. The average molecular weight is 316 g/mol. The second-order valence-corrected chi connectivity index (χ2v) is 5.53. The molecule has 19 heavy (non-hydrogen) atoms. The third-order valence-electron chi connectivity index (χ3n) is 2.56. The first-order valence-electron chi connectivity index (χ1n) is 5.51. The normalized spacial score (nSPS) is 12.2. The van der Waals surface area contributed by atoms with Crippen molar-refractivity contribution >= 4 is 40.4 Å². The van der Waals surface area contributed by atoms with Crippen molar-refractivity contribution in [3.63, 3.8) is 0 Å². The average Bonchev–Trinajstić information content (AvgIpc) is 2.89. The maximum Gasteiger partial charge on any atom is 0.252 e. The summed E-state index contributed by atoms with van der Waals surface area (Å²) in [7, 11) is 0. The zero-order valence-electron chi connectivity index (χ0n) is 9.77. The number of carbonyl (C=O) groups is 1. The Kier molecular flexibility index (Phi) is 4.82. The number of carbonyl (C=O) groups excluding carboxylic acids is 1. The topological polar surface area (TPSA) is 49.3 Å². The molecule has 1 amide bonds. The molecule has 1 heterocycles. The van der Waals surface area contributed by atoms with E-state index in [0.29, 0.717) is 21.2 Å². The Morgan fingerprint density at radius 2 is 2.16 bits per heavy atom. The Bertz CT molecular complexity index is 572. The number of amides is 1. The molecule has 6 heteroatoms. The number of nitrogens with one attached hydrogen (secondary N) is 1. The Labute approximate surface area is 124 Å². The standard InChI is InChI=1S/C13H11Cl2NO2S/c14-9-1-2-10(11(15)5-9)12(17)6-16-13(18)8-3-4-19-7-8/h1-5,7,12,17H,6H2,(H,16,18). The molecule has 0 saturated carbocycles. The van der Waals surface area contributed by atoms with E-state index >= 15 is 0 Å². The van der Waals surface area contributed by atoms with E-state index in [9.17, 15) is 9.90 Å². The van der Waals surface area contributed by atoms with Crippen LogP contribution in [0.15, 0.2) is 35.0 Å². The van der Waals surface area contributed by atoms with Crippen molar-refractivity contribution in [2.45, 2.75) is 6.10 Å². The fourth-order valence-electron chi connectivity index (χ4n) is 1.57. The highest BCUT2D eigenvalue weighted by molar-refractivity contribution is 7.08. The number of aliphatic hydroxyl groups excluding tert-OH is 1. The van der Waals surface area contributed by atoms with Crippen molar-refractivity contribution in [2.24, 2.45) is 0 Å². The van der Waals surface area contributed by atoms with Gasteiger partial charge in [-0.25, -0.2) is 0 Å². The Morgan fingerprint density at radius 3 is 2.79 bits per heavy atom. The van der Waals surface area contributed by atoms with E-state index in [2.05, 4.69) is 5.32 Å². The van der Waals surface area contributed by atoms with Crippen LogP contribution in [0.4, 0.5) is 0 Å². The summed E-state index contributed by atoms with van der Waals surface area (Å²) in [6, 6.07) is 6.57. The van der Waals surface area contributed by atoms with Crippen LogP contribution in [0.5, 0.6) is 0 Å². The lowest BCUT2D eigenvalue weighted by atomic mass is 10.1.